The van der Waals surface area contributed by atoms with Gasteiger partial charge in [-0.3, -0.25) is 14.9 Å². The van der Waals surface area contributed by atoms with Gasteiger partial charge in [0.1, 0.15) is 0 Å². The summed E-state index contributed by atoms with van der Waals surface area (Å²) in [6, 6.07) is 4.81. The van der Waals surface area contributed by atoms with Gasteiger partial charge >= 0.3 is 0 Å². The van der Waals surface area contributed by atoms with Gasteiger partial charge in [0.15, 0.2) is 5.78 Å². The van der Waals surface area contributed by atoms with E-state index in [1.54, 1.807) is 13.0 Å². The highest BCUT2D eigenvalue weighted by Gasteiger charge is 2.65. The summed E-state index contributed by atoms with van der Waals surface area (Å²) in [7, 11) is -3.79. The Balaban J connectivity index is 1.96. The summed E-state index contributed by atoms with van der Waals surface area (Å²) < 4.78 is 28.1. The molecule has 0 aromatic heterocycles. The van der Waals surface area contributed by atoms with Crippen molar-refractivity contribution in [3.63, 3.8) is 0 Å². The SMILES string of the molecule is C/C1=C\CC[C@@]2(C)[C@@H](CC(C)(C)/C=C/C1=O)N2S(=O)(=O)c1ccc([N+](=O)[O-])cc1. The Kier molecular flexibility index (Phi) is 5.29. The first-order chi connectivity index (χ1) is 13.4. The van der Waals surface area contributed by atoms with Gasteiger partial charge in [0.25, 0.3) is 5.69 Å². The second-order valence-corrected chi connectivity index (χ2v) is 10.6. The number of nitro benzene ring substituents is 1. The Morgan fingerprint density at radius 2 is 1.79 bits per heavy atom. The molecule has 0 bridgehead atoms. The molecule has 0 spiro atoms. The Labute approximate surface area is 171 Å². The summed E-state index contributed by atoms with van der Waals surface area (Å²) in [6.45, 7) is 7.69. The van der Waals surface area contributed by atoms with E-state index in [2.05, 4.69) is 0 Å². The molecule has 0 radical (unpaired) electrons. The molecule has 1 aromatic rings. The number of hydrogen-bond donors (Lipinski definition) is 0. The van der Waals surface area contributed by atoms with Crippen molar-refractivity contribution in [3.8, 4) is 0 Å². The molecule has 1 aromatic carbocycles. The Hall–Kier alpha value is -2.32. The minimum Gasteiger partial charge on any atom is -0.290 e. The fraction of sp³-hybridized carbons (Fsp3) is 0.476. The van der Waals surface area contributed by atoms with Crippen LogP contribution in [0.15, 0.2) is 53.0 Å². The van der Waals surface area contributed by atoms with Crippen molar-refractivity contribution in [2.45, 2.75) is 63.4 Å². The zero-order valence-corrected chi connectivity index (χ0v) is 17.9. The fourth-order valence-corrected chi connectivity index (χ4v) is 6.08. The highest BCUT2D eigenvalue weighted by Crippen LogP contribution is 2.53. The molecular weight excluding hydrogens is 392 g/mol. The molecule has 7 nitrogen and oxygen atoms in total. The molecule has 29 heavy (non-hydrogen) atoms. The first kappa shape index (κ1) is 21.4. The van der Waals surface area contributed by atoms with Gasteiger partial charge in [-0.05, 0) is 62.3 Å². The van der Waals surface area contributed by atoms with Crippen LogP contribution >= 0.6 is 0 Å². The van der Waals surface area contributed by atoms with E-state index in [-0.39, 0.29) is 27.8 Å². The molecule has 156 valence electrons. The van der Waals surface area contributed by atoms with E-state index in [0.717, 1.165) is 0 Å². The summed E-state index contributed by atoms with van der Waals surface area (Å²) >= 11 is 0. The molecule has 3 atom stereocenters. The van der Waals surface area contributed by atoms with E-state index < -0.39 is 20.5 Å². The number of sulfonamides is 1. The van der Waals surface area contributed by atoms with E-state index in [9.17, 15) is 23.3 Å². The maximum atomic E-state index is 13.3. The molecule has 0 saturated carbocycles. The Morgan fingerprint density at radius 3 is 2.38 bits per heavy atom. The van der Waals surface area contributed by atoms with Crippen molar-refractivity contribution >= 4 is 21.5 Å². The molecule has 1 heterocycles. The summed E-state index contributed by atoms with van der Waals surface area (Å²) in [4.78, 5) is 22.5. The average molecular weight is 419 g/mol. The molecule has 1 aliphatic carbocycles. The lowest BCUT2D eigenvalue weighted by molar-refractivity contribution is -0.384. The van der Waals surface area contributed by atoms with E-state index in [0.29, 0.717) is 24.8 Å². The summed E-state index contributed by atoms with van der Waals surface area (Å²) in [5, 5.41) is 10.9. The molecule has 1 unspecified atom stereocenters. The average Bonchev–Trinajstić information content (AvgIpc) is 3.22. The number of nitro groups is 1. The van der Waals surface area contributed by atoms with Gasteiger partial charge in [0.05, 0.1) is 15.4 Å². The summed E-state index contributed by atoms with van der Waals surface area (Å²) in [5.41, 5.74) is -0.403. The van der Waals surface area contributed by atoms with Gasteiger partial charge in [-0.2, -0.15) is 4.31 Å². The van der Waals surface area contributed by atoms with Gasteiger partial charge in [-0.15, -0.1) is 0 Å². The van der Waals surface area contributed by atoms with E-state index in [1.807, 2.05) is 32.9 Å². The normalized spacial score (nSPS) is 32.3. The number of hydrogen-bond acceptors (Lipinski definition) is 5. The van der Waals surface area contributed by atoms with Gasteiger partial charge in [-0.1, -0.05) is 26.0 Å². The summed E-state index contributed by atoms with van der Waals surface area (Å²) in [6.07, 6.45) is 7.08. The molecule has 0 N–H and O–H groups in total. The lowest BCUT2D eigenvalue weighted by Gasteiger charge is -2.20. The van der Waals surface area contributed by atoms with E-state index in [4.69, 9.17) is 0 Å². The Morgan fingerprint density at radius 1 is 1.17 bits per heavy atom. The van der Waals surface area contributed by atoms with Crippen LogP contribution in [-0.2, 0) is 14.8 Å². The lowest BCUT2D eigenvalue weighted by Crippen LogP contribution is -2.21. The van der Waals surface area contributed by atoms with Crippen LogP contribution in [0.2, 0.25) is 0 Å². The lowest BCUT2D eigenvalue weighted by atomic mass is 9.84. The number of fused-ring (bicyclic) bond motifs is 1. The number of carbonyl (C=O) groups excluding carboxylic acids is 1. The molecule has 1 saturated heterocycles. The first-order valence-electron chi connectivity index (χ1n) is 9.58. The van der Waals surface area contributed by atoms with Crippen molar-refractivity contribution in [3.05, 3.63) is 58.2 Å². The second kappa shape index (κ2) is 7.18. The predicted molar refractivity (Wildman–Crippen MR) is 110 cm³/mol. The zero-order valence-electron chi connectivity index (χ0n) is 17.1. The second-order valence-electron chi connectivity index (χ2n) is 8.74. The predicted octanol–water partition coefficient (Wildman–Crippen LogP) is 4.01. The third-order valence-corrected chi connectivity index (χ3v) is 7.99. The first-order valence-corrected chi connectivity index (χ1v) is 11.0. The van der Waals surface area contributed by atoms with Gasteiger partial charge in [-0.25, -0.2) is 8.42 Å². The number of nitrogens with zero attached hydrogens (tertiary/aromatic N) is 2. The molecule has 3 rings (SSSR count). The van der Waals surface area contributed by atoms with E-state index >= 15 is 0 Å². The van der Waals surface area contributed by atoms with Crippen LogP contribution < -0.4 is 0 Å². The van der Waals surface area contributed by atoms with Crippen molar-refractivity contribution < 1.29 is 18.1 Å². The Bertz CT molecular complexity index is 1010. The van der Waals surface area contributed by atoms with E-state index in [1.165, 1.54) is 28.6 Å². The quantitative estimate of drug-likeness (QED) is 0.420. The van der Waals surface area contributed by atoms with Crippen molar-refractivity contribution in [1.82, 2.24) is 4.31 Å². The zero-order chi connectivity index (χ0) is 21.6. The monoisotopic (exact) mass is 418 g/mol. The van der Waals surface area contributed by atoms with Crippen molar-refractivity contribution in [2.24, 2.45) is 5.41 Å². The number of rotatable bonds is 3. The molecule has 1 aliphatic heterocycles. The van der Waals surface area contributed by atoms with Crippen molar-refractivity contribution in [2.75, 3.05) is 0 Å². The number of non-ortho nitro benzene ring substituents is 1. The third kappa shape index (κ3) is 4.04. The minimum absolute atomic E-state index is 0.0193. The van der Waals surface area contributed by atoms with Crippen LogP contribution in [0, 0.1) is 15.5 Å². The molecule has 2 aliphatic rings. The molecular formula is C21H26N2O5S. The number of carbonyl (C=O) groups is 1. The maximum absolute atomic E-state index is 13.3. The van der Waals surface area contributed by atoms with Crippen LogP contribution in [-0.4, -0.2) is 35.0 Å². The number of benzene rings is 1. The largest absolute Gasteiger partial charge is 0.290 e. The highest BCUT2D eigenvalue weighted by atomic mass is 32.2. The number of ketones is 1. The minimum atomic E-state index is -3.79. The smallest absolute Gasteiger partial charge is 0.269 e. The maximum Gasteiger partial charge on any atom is 0.269 e. The van der Waals surface area contributed by atoms with Crippen LogP contribution in [0.5, 0.6) is 0 Å². The van der Waals surface area contributed by atoms with Crippen LogP contribution in [0.4, 0.5) is 5.69 Å². The third-order valence-electron chi connectivity index (χ3n) is 5.94. The van der Waals surface area contributed by atoms with Crippen LogP contribution in [0.25, 0.3) is 0 Å². The van der Waals surface area contributed by atoms with Gasteiger partial charge < -0.3 is 0 Å². The fourth-order valence-electron chi connectivity index (χ4n) is 4.03. The standard InChI is InChI=1S/C21H26N2O5S/c1-15-6-5-12-21(4)19(14-20(2,3)13-11-18(15)24)22(21)29(27,28)17-9-7-16(8-10-17)23(25)26/h6-11,13,19H,5,12,14H2,1-4H3/b13-11+,15-6+/t19-,21+,22?/m1/s1. The molecule has 1 fully saturated rings. The van der Waals surface area contributed by atoms with Crippen LogP contribution in [0.1, 0.15) is 47.0 Å². The van der Waals surface area contributed by atoms with Gasteiger partial charge in [0, 0.05) is 18.2 Å². The highest BCUT2D eigenvalue weighted by molar-refractivity contribution is 7.89. The van der Waals surface area contributed by atoms with Gasteiger partial charge in [0.2, 0.25) is 10.0 Å². The number of allylic oxidation sites excluding steroid dienone is 4. The van der Waals surface area contributed by atoms with Crippen molar-refractivity contribution in [1.29, 1.82) is 0 Å². The topological polar surface area (TPSA) is 97.4 Å². The van der Waals surface area contributed by atoms with Crippen LogP contribution in [0.3, 0.4) is 0 Å². The summed E-state index contributed by atoms with van der Waals surface area (Å²) in [5.74, 6) is -0.0193. The molecule has 8 heteroatoms. The molecule has 0 amide bonds.